The number of hydrogen-bond donors (Lipinski definition) is 0. The first kappa shape index (κ1) is 11.1. The molecule has 0 aromatic carbocycles. The van der Waals surface area contributed by atoms with Gasteiger partial charge in [-0.15, -0.1) is 0 Å². The Kier molecular flexibility index (Phi) is 3.24. The van der Waals surface area contributed by atoms with Crippen LogP contribution in [-0.2, 0) is 0 Å². The van der Waals surface area contributed by atoms with Crippen molar-refractivity contribution in [1.82, 2.24) is 4.98 Å². The van der Waals surface area contributed by atoms with E-state index in [-0.39, 0.29) is 3.57 Å². The summed E-state index contributed by atoms with van der Waals surface area (Å²) < 4.78 is 37.2. The Balaban J connectivity index is 3.45. The molecule has 0 aliphatic heterocycles. The second-order valence-corrected chi connectivity index (χ2v) is 3.37. The van der Waals surface area contributed by atoms with Crippen molar-refractivity contribution in [1.29, 1.82) is 0 Å². The summed E-state index contributed by atoms with van der Waals surface area (Å²) in [4.78, 5) is 12.2. The SMILES string of the molecule is O=[N+]([O-])c1c(C(F)F)ncc(I)c1F. The van der Waals surface area contributed by atoms with Crippen LogP contribution in [0.2, 0.25) is 0 Å². The van der Waals surface area contributed by atoms with E-state index in [1.807, 2.05) is 0 Å². The van der Waals surface area contributed by atoms with Crippen LogP contribution in [0.3, 0.4) is 0 Å². The van der Waals surface area contributed by atoms with Crippen molar-refractivity contribution >= 4 is 28.3 Å². The second-order valence-electron chi connectivity index (χ2n) is 2.21. The van der Waals surface area contributed by atoms with Gasteiger partial charge in [0.05, 0.1) is 8.49 Å². The molecular formula is C6H2F3IN2O2. The van der Waals surface area contributed by atoms with Gasteiger partial charge < -0.3 is 0 Å². The van der Waals surface area contributed by atoms with E-state index in [9.17, 15) is 23.3 Å². The largest absolute Gasteiger partial charge is 0.333 e. The average molecular weight is 318 g/mol. The molecule has 1 aromatic rings. The molecule has 0 radical (unpaired) electrons. The Bertz CT molecular complexity index is 386. The van der Waals surface area contributed by atoms with E-state index in [0.29, 0.717) is 0 Å². The highest BCUT2D eigenvalue weighted by atomic mass is 127. The Morgan fingerprint density at radius 2 is 2.14 bits per heavy atom. The van der Waals surface area contributed by atoms with Gasteiger partial charge in [-0.2, -0.15) is 4.39 Å². The average Bonchev–Trinajstić information content (AvgIpc) is 2.08. The maximum atomic E-state index is 13.1. The van der Waals surface area contributed by atoms with Crippen LogP contribution < -0.4 is 0 Å². The molecule has 0 atom stereocenters. The van der Waals surface area contributed by atoms with Crippen molar-refractivity contribution in [2.45, 2.75) is 6.43 Å². The highest BCUT2D eigenvalue weighted by Crippen LogP contribution is 2.30. The third-order valence-electron chi connectivity index (χ3n) is 1.37. The zero-order valence-corrected chi connectivity index (χ0v) is 8.53. The van der Waals surface area contributed by atoms with E-state index in [0.717, 1.165) is 6.20 Å². The van der Waals surface area contributed by atoms with E-state index in [2.05, 4.69) is 4.98 Å². The number of rotatable bonds is 2. The van der Waals surface area contributed by atoms with Crippen LogP contribution in [0.5, 0.6) is 0 Å². The molecule has 0 N–H and O–H groups in total. The number of halogens is 4. The standard InChI is InChI=1S/C6H2F3IN2O2/c7-3-2(10)1-11-4(6(8)9)5(3)12(13)14/h1,6H. The van der Waals surface area contributed by atoms with Crippen LogP contribution in [0, 0.1) is 19.5 Å². The quantitative estimate of drug-likeness (QED) is 0.478. The Morgan fingerprint density at radius 3 is 2.57 bits per heavy atom. The van der Waals surface area contributed by atoms with Gasteiger partial charge in [0, 0.05) is 6.20 Å². The predicted octanol–water partition coefficient (Wildman–Crippen LogP) is 2.67. The maximum Gasteiger partial charge on any atom is 0.333 e. The number of nitrogens with zero attached hydrogens (tertiary/aromatic N) is 2. The Hall–Kier alpha value is -0.930. The van der Waals surface area contributed by atoms with Gasteiger partial charge in [0.2, 0.25) is 5.82 Å². The van der Waals surface area contributed by atoms with Crippen molar-refractivity contribution in [3.05, 3.63) is 31.4 Å². The van der Waals surface area contributed by atoms with Crippen LogP contribution in [0.15, 0.2) is 6.20 Å². The zero-order chi connectivity index (χ0) is 10.9. The first-order valence-electron chi connectivity index (χ1n) is 3.21. The minimum atomic E-state index is -3.16. The third kappa shape index (κ3) is 1.94. The van der Waals surface area contributed by atoms with E-state index >= 15 is 0 Å². The molecule has 1 aromatic heterocycles. The molecule has 0 aliphatic carbocycles. The fraction of sp³-hybridized carbons (Fsp3) is 0.167. The summed E-state index contributed by atoms with van der Waals surface area (Å²) in [5.41, 5.74) is -2.40. The first-order chi connectivity index (χ1) is 6.45. The van der Waals surface area contributed by atoms with E-state index in [4.69, 9.17) is 0 Å². The van der Waals surface area contributed by atoms with Crippen molar-refractivity contribution < 1.29 is 18.1 Å². The fourth-order valence-electron chi connectivity index (χ4n) is 0.803. The molecule has 0 fully saturated rings. The molecule has 1 heterocycles. The lowest BCUT2D eigenvalue weighted by Crippen LogP contribution is -2.03. The van der Waals surface area contributed by atoms with E-state index in [1.54, 1.807) is 0 Å². The summed E-state index contributed by atoms with van der Waals surface area (Å²) in [6.07, 6.45) is -2.34. The van der Waals surface area contributed by atoms with Crippen LogP contribution in [0.25, 0.3) is 0 Å². The number of alkyl halides is 2. The molecule has 0 saturated carbocycles. The van der Waals surface area contributed by atoms with Crippen LogP contribution in [0.4, 0.5) is 18.9 Å². The summed E-state index contributed by atoms with van der Waals surface area (Å²) in [6, 6.07) is 0. The number of aromatic nitrogens is 1. The van der Waals surface area contributed by atoms with Crippen molar-refractivity contribution in [2.24, 2.45) is 0 Å². The lowest BCUT2D eigenvalue weighted by atomic mass is 10.3. The molecule has 0 saturated heterocycles. The smallest absolute Gasteiger partial charge is 0.258 e. The summed E-state index contributed by atoms with van der Waals surface area (Å²) in [5.74, 6) is -1.28. The molecular weight excluding hydrogens is 316 g/mol. The third-order valence-corrected chi connectivity index (χ3v) is 2.12. The fourth-order valence-corrected chi connectivity index (χ4v) is 1.20. The first-order valence-corrected chi connectivity index (χ1v) is 4.29. The Labute approximate surface area is 89.4 Å². The molecule has 1 rings (SSSR count). The zero-order valence-electron chi connectivity index (χ0n) is 6.38. The van der Waals surface area contributed by atoms with Gasteiger partial charge in [-0.05, 0) is 22.6 Å². The summed E-state index contributed by atoms with van der Waals surface area (Å²) in [7, 11) is 0. The van der Waals surface area contributed by atoms with Gasteiger partial charge in [0.1, 0.15) is 0 Å². The number of nitro groups is 1. The van der Waals surface area contributed by atoms with Gasteiger partial charge in [-0.1, -0.05) is 0 Å². The Morgan fingerprint density at radius 1 is 1.57 bits per heavy atom. The monoisotopic (exact) mass is 318 g/mol. The van der Waals surface area contributed by atoms with Gasteiger partial charge >= 0.3 is 5.69 Å². The number of pyridine rings is 1. The van der Waals surface area contributed by atoms with Gasteiger partial charge in [-0.3, -0.25) is 10.1 Å². The molecule has 76 valence electrons. The predicted molar refractivity (Wildman–Crippen MR) is 48.5 cm³/mol. The van der Waals surface area contributed by atoms with Crippen LogP contribution >= 0.6 is 22.6 Å². The second kappa shape index (κ2) is 4.07. The van der Waals surface area contributed by atoms with E-state index in [1.165, 1.54) is 22.6 Å². The summed E-state index contributed by atoms with van der Waals surface area (Å²) in [5, 5.41) is 10.3. The molecule has 4 nitrogen and oxygen atoms in total. The van der Waals surface area contributed by atoms with Crippen molar-refractivity contribution in [3.63, 3.8) is 0 Å². The lowest BCUT2D eigenvalue weighted by Gasteiger charge is -2.02. The normalized spacial score (nSPS) is 10.6. The molecule has 0 spiro atoms. The summed E-state index contributed by atoms with van der Waals surface area (Å²) in [6.45, 7) is 0. The van der Waals surface area contributed by atoms with Crippen LogP contribution in [0.1, 0.15) is 12.1 Å². The minimum absolute atomic E-state index is 0.168. The molecule has 0 amide bonds. The van der Waals surface area contributed by atoms with Gasteiger partial charge in [0.25, 0.3) is 6.43 Å². The molecule has 0 bridgehead atoms. The van der Waals surface area contributed by atoms with Gasteiger partial charge in [-0.25, -0.2) is 13.8 Å². The lowest BCUT2D eigenvalue weighted by molar-refractivity contribution is -0.389. The van der Waals surface area contributed by atoms with Crippen molar-refractivity contribution in [2.75, 3.05) is 0 Å². The van der Waals surface area contributed by atoms with E-state index < -0.39 is 28.5 Å². The minimum Gasteiger partial charge on any atom is -0.258 e. The highest BCUT2D eigenvalue weighted by molar-refractivity contribution is 14.1. The molecule has 14 heavy (non-hydrogen) atoms. The highest BCUT2D eigenvalue weighted by Gasteiger charge is 2.29. The summed E-state index contributed by atoms with van der Waals surface area (Å²) >= 11 is 1.44. The van der Waals surface area contributed by atoms with Gasteiger partial charge in [0.15, 0.2) is 5.69 Å². The van der Waals surface area contributed by atoms with Crippen molar-refractivity contribution in [3.8, 4) is 0 Å². The molecule has 0 unspecified atom stereocenters. The number of hydrogen-bond acceptors (Lipinski definition) is 3. The topological polar surface area (TPSA) is 56.0 Å². The molecule has 8 heteroatoms. The molecule has 0 aliphatic rings. The maximum absolute atomic E-state index is 13.1. The van der Waals surface area contributed by atoms with Crippen LogP contribution in [-0.4, -0.2) is 9.91 Å².